The number of rotatable bonds is 6. The van der Waals surface area contributed by atoms with Crippen molar-refractivity contribution in [1.29, 1.82) is 5.26 Å². The van der Waals surface area contributed by atoms with Crippen LogP contribution in [0.3, 0.4) is 0 Å². The molecule has 5 heteroatoms. The van der Waals surface area contributed by atoms with E-state index in [4.69, 9.17) is 5.26 Å². The molecule has 0 bridgehead atoms. The summed E-state index contributed by atoms with van der Waals surface area (Å²) in [6.45, 7) is 7.91. The van der Waals surface area contributed by atoms with E-state index in [0.717, 1.165) is 44.9 Å². The summed E-state index contributed by atoms with van der Waals surface area (Å²) < 4.78 is 0. The molecule has 1 N–H and O–H groups in total. The Morgan fingerprint density at radius 1 is 1.15 bits per heavy atom. The number of carbonyl (C=O) groups is 1. The maximum Gasteiger partial charge on any atom is 0.234 e. The van der Waals surface area contributed by atoms with Crippen LogP contribution >= 0.6 is 0 Å². The summed E-state index contributed by atoms with van der Waals surface area (Å²) in [6.07, 6.45) is 5.75. The number of nitriles is 1. The number of anilines is 1. The number of amides is 1. The fourth-order valence-electron chi connectivity index (χ4n) is 4.44. The van der Waals surface area contributed by atoms with Gasteiger partial charge in [0.05, 0.1) is 6.07 Å². The minimum atomic E-state index is -0.118. The molecule has 1 saturated heterocycles. The van der Waals surface area contributed by atoms with Gasteiger partial charge in [0.1, 0.15) is 6.42 Å². The number of aryl methyl sites for hydroxylation is 1. The van der Waals surface area contributed by atoms with Gasteiger partial charge in [-0.2, -0.15) is 5.26 Å². The van der Waals surface area contributed by atoms with Crippen LogP contribution in [0.2, 0.25) is 0 Å². The Bertz CT molecular complexity index is 653. The highest BCUT2D eigenvalue weighted by Crippen LogP contribution is 2.27. The Labute approximate surface area is 163 Å². The van der Waals surface area contributed by atoms with E-state index in [1.807, 2.05) is 6.07 Å². The predicted molar refractivity (Wildman–Crippen MR) is 109 cm³/mol. The molecule has 0 radical (unpaired) electrons. The Kier molecular flexibility index (Phi) is 7.11. The lowest BCUT2D eigenvalue weighted by Gasteiger charge is -2.38. The molecular weight excluding hydrogens is 336 g/mol. The maximum absolute atomic E-state index is 11.5. The van der Waals surface area contributed by atoms with Gasteiger partial charge >= 0.3 is 0 Å². The largest absolute Gasteiger partial charge is 0.369 e. The number of benzene rings is 1. The first-order valence-corrected chi connectivity index (χ1v) is 10.3. The van der Waals surface area contributed by atoms with Crippen LogP contribution in [0.25, 0.3) is 0 Å². The van der Waals surface area contributed by atoms with E-state index < -0.39 is 0 Å². The fourth-order valence-corrected chi connectivity index (χ4v) is 4.44. The highest BCUT2D eigenvalue weighted by molar-refractivity contribution is 5.78. The van der Waals surface area contributed by atoms with Gasteiger partial charge in [0.15, 0.2) is 0 Å². The molecule has 3 rings (SSSR count). The van der Waals surface area contributed by atoms with Gasteiger partial charge in [0.2, 0.25) is 5.91 Å². The Hall–Kier alpha value is -2.06. The summed E-state index contributed by atoms with van der Waals surface area (Å²) in [5.74, 6) is 0.663. The second kappa shape index (κ2) is 9.75. The Balaban J connectivity index is 1.34. The van der Waals surface area contributed by atoms with E-state index in [-0.39, 0.29) is 18.4 Å². The highest BCUT2D eigenvalue weighted by atomic mass is 16.1. The third-order valence-electron chi connectivity index (χ3n) is 6.13. The molecule has 1 aliphatic carbocycles. The van der Waals surface area contributed by atoms with Crippen LogP contribution in [0.15, 0.2) is 24.3 Å². The summed E-state index contributed by atoms with van der Waals surface area (Å²) in [7, 11) is 0. The van der Waals surface area contributed by atoms with Gasteiger partial charge in [-0.25, -0.2) is 0 Å². The average Bonchev–Trinajstić information content (AvgIpc) is 2.68. The first-order valence-electron chi connectivity index (χ1n) is 10.3. The van der Waals surface area contributed by atoms with Crippen LogP contribution in [0.4, 0.5) is 5.69 Å². The number of carbonyl (C=O) groups excluding carboxylic acids is 1. The summed E-state index contributed by atoms with van der Waals surface area (Å²) in [6, 6.07) is 10.9. The van der Waals surface area contributed by atoms with Crippen molar-refractivity contribution in [1.82, 2.24) is 10.2 Å². The summed E-state index contributed by atoms with van der Waals surface area (Å²) >= 11 is 0. The molecule has 0 spiro atoms. The third kappa shape index (κ3) is 5.71. The molecule has 1 amide bonds. The molecule has 0 atom stereocenters. The number of hydrogen-bond donors (Lipinski definition) is 1. The Morgan fingerprint density at radius 3 is 2.52 bits per heavy atom. The van der Waals surface area contributed by atoms with Crippen molar-refractivity contribution in [3.63, 3.8) is 0 Å². The lowest BCUT2D eigenvalue weighted by molar-refractivity contribution is -0.121. The summed E-state index contributed by atoms with van der Waals surface area (Å²) in [5, 5.41) is 11.6. The van der Waals surface area contributed by atoms with Gasteiger partial charge in [-0.15, -0.1) is 0 Å². The molecule has 0 unspecified atom stereocenters. The lowest BCUT2D eigenvalue weighted by atomic mass is 9.84. The minimum absolute atomic E-state index is 0.0194. The van der Waals surface area contributed by atoms with Gasteiger partial charge in [-0.1, -0.05) is 18.2 Å². The minimum Gasteiger partial charge on any atom is -0.369 e. The molecule has 1 aromatic rings. The Morgan fingerprint density at radius 2 is 1.85 bits per heavy atom. The van der Waals surface area contributed by atoms with Crippen molar-refractivity contribution in [3.05, 3.63) is 29.8 Å². The van der Waals surface area contributed by atoms with Crippen molar-refractivity contribution in [2.45, 2.75) is 51.5 Å². The molecule has 1 aliphatic heterocycles. The van der Waals surface area contributed by atoms with Gasteiger partial charge < -0.3 is 10.2 Å². The first-order chi connectivity index (χ1) is 13.2. The number of para-hydroxylation sites is 1. The van der Waals surface area contributed by atoms with E-state index >= 15 is 0 Å². The van der Waals surface area contributed by atoms with Gasteiger partial charge in [-0.05, 0) is 63.1 Å². The van der Waals surface area contributed by atoms with Crippen LogP contribution < -0.4 is 10.2 Å². The topological polar surface area (TPSA) is 59.4 Å². The third-order valence-corrected chi connectivity index (χ3v) is 6.13. The second-order valence-corrected chi connectivity index (χ2v) is 8.02. The predicted octanol–water partition coefficient (Wildman–Crippen LogP) is 3.10. The quantitative estimate of drug-likeness (QED) is 0.838. The molecule has 2 aliphatic rings. The zero-order chi connectivity index (χ0) is 19.1. The molecule has 2 fully saturated rings. The van der Waals surface area contributed by atoms with Crippen molar-refractivity contribution >= 4 is 11.6 Å². The van der Waals surface area contributed by atoms with Crippen LogP contribution in [0, 0.1) is 24.2 Å². The molecule has 146 valence electrons. The van der Waals surface area contributed by atoms with Crippen LogP contribution in [-0.2, 0) is 4.79 Å². The summed E-state index contributed by atoms with van der Waals surface area (Å²) in [4.78, 5) is 16.7. The van der Waals surface area contributed by atoms with Crippen LogP contribution in [0.1, 0.15) is 44.1 Å². The maximum atomic E-state index is 11.5. The van der Waals surface area contributed by atoms with Gasteiger partial charge in [-0.3, -0.25) is 9.69 Å². The molecular formula is C22H32N4O. The first kappa shape index (κ1) is 19.7. The smallest absolute Gasteiger partial charge is 0.234 e. The van der Waals surface area contributed by atoms with E-state index in [0.29, 0.717) is 0 Å². The molecule has 1 aromatic carbocycles. The number of hydrogen-bond acceptors (Lipinski definition) is 4. The fraction of sp³-hybridized carbons (Fsp3) is 0.636. The zero-order valence-electron chi connectivity index (χ0n) is 16.5. The molecule has 0 aromatic heterocycles. The molecule has 1 heterocycles. The monoisotopic (exact) mass is 368 g/mol. The normalized spacial score (nSPS) is 23.6. The van der Waals surface area contributed by atoms with E-state index in [9.17, 15) is 4.79 Å². The van der Waals surface area contributed by atoms with Crippen LogP contribution in [0.5, 0.6) is 0 Å². The van der Waals surface area contributed by atoms with Gasteiger partial charge in [0, 0.05) is 37.9 Å². The average molecular weight is 369 g/mol. The zero-order valence-corrected chi connectivity index (χ0v) is 16.5. The van der Waals surface area contributed by atoms with Gasteiger partial charge in [0.25, 0.3) is 0 Å². The number of piperazine rings is 1. The SMILES string of the molecule is Cc1ccccc1N1CCN(CCC2CCC(NC(=O)CC#N)CC2)CC1. The second-order valence-electron chi connectivity index (χ2n) is 8.02. The van der Waals surface area contributed by atoms with Crippen LogP contribution in [-0.4, -0.2) is 49.6 Å². The van der Waals surface area contributed by atoms with E-state index in [1.54, 1.807) is 0 Å². The lowest BCUT2D eigenvalue weighted by Crippen LogP contribution is -2.47. The number of nitrogens with zero attached hydrogens (tertiary/aromatic N) is 3. The molecule has 1 saturated carbocycles. The van der Waals surface area contributed by atoms with Crippen molar-refractivity contribution in [2.24, 2.45) is 5.92 Å². The molecule has 5 nitrogen and oxygen atoms in total. The highest BCUT2D eigenvalue weighted by Gasteiger charge is 2.24. The molecule has 27 heavy (non-hydrogen) atoms. The van der Waals surface area contributed by atoms with E-state index in [2.05, 4.69) is 46.3 Å². The van der Waals surface area contributed by atoms with Crippen molar-refractivity contribution in [2.75, 3.05) is 37.6 Å². The number of nitrogens with one attached hydrogen (secondary N) is 1. The van der Waals surface area contributed by atoms with Crippen molar-refractivity contribution < 1.29 is 4.79 Å². The summed E-state index contributed by atoms with van der Waals surface area (Å²) in [5.41, 5.74) is 2.75. The standard InChI is InChI=1S/C22H32N4O/c1-18-4-2-3-5-21(18)26-16-14-25(15-17-26)13-11-19-6-8-20(9-7-19)24-22(27)10-12-23/h2-5,19-20H,6-11,13-17H2,1H3,(H,24,27). The van der Waals surface area contributed by atoms with E-state index in [1.165, 1.54) is 37.1 Å². The van der Waals surface area contributed by atoms with Crippen molar-refractivity contribution in [3.8, 4) is 6.07 Å².